The van der Waals surface area contributed by atoms with Gasteiger partial charge in [0, 0.05) is 29.3 Å². The Kier molecular flexibility index (Phi) is 16.4. The van der Waals surface area contributed by atoms with Crippen LogP contribution in [0.3, 0.4) is 0 Å². The zero-order chi connectivity index (χ0) is 51.2. The Morgan fingerprint density at radius 2 is 1.66 bits per heavy atom. The van der Waals surface area contributed by atoms with Gasteiger partial charge >= 0.3 is 5.97 Å². The quantitative estimate of drug-likeness (QED) is 0.0395. The number of carboxylic acid groups (broad SMARTS) is 1. The molecule has 0 aliphatic rings. The minimum atomic E-state index is -2.37. The number of aliphatic carboxylic acids is 1. The third-order valence-corrected chi connectivity index (χ3v) is 17.5. The fraction of sp³-hybridized carbons (Fsp3) is 0.302. The van der Waals surface area contributed by atoms with Crippen molar-refractivity contribution in [2.24, 2.45) is 0 Å². The van der Waals surface area contributed by atoms with Gasteiger partial charge in [0.1, 0.15) is 53.3 Å². The minimum absolute atomic E-state index is 0.00712. The molecule has 0 aliphatic carbocycles. The number of aliphatic hydroxyl groups excluding tert-OH is 1. The molecule has 0 saturated heterocycles. The van der Waals surface area contributed by atoms with Crippen LogP contribution in [0.25, 0.3) is 44.9 Å². The monoisotopic (exact) mass is 1020 g/mol. The van der Waals surface area contributed by atoms with Crippen LogP contribution >= 0.6 is 23.2 Å². The van der Waals surface area contributed by atoms with E-state index in [1.54, 1.807) is 57.5 Å². The Balaban J connectivity index is 1.31. The molecule has 14 nitrogen and oxygen atoms in total. The Bertz CT molecular complexity index is 3030. The number of methoxy groups -OCH3 is 1. The molecule has 0 unspecified atom stereocenters. The highest BCUT2D eigenvalue weighted by molar-refractivity contribution is 6.74. The lowest BCUT2D eigenvalue weighted by Crippen LogP contribution is -2.43. The van der Waals surface area contributed by atoms with Crippen LogP contribution in [0.2, 0.25) is 28.2 Å². The molecule has 0 aliphatic heterocycles. The van der Waals surface area contributed by atoms with Crippen molar-refractivity contribution in [2.45, 2.75) is 78.0 Å². The second-order valence-electron chi connectivity index (χ2n) is 18.1. The van der Waals surface area contributed by atoms with Crippen molar-refractivity contribution in [3.63, 3.8) is 0 Å². The number of benzene rings is 4. The number of hydrogen-bond acceptors (Lipinski definition) is 13. The molecule has 372 valence electrons. The number of rotatable bonds is 21. The van der Waals surface area contributed by atoms with Gasteiger partial charge < -0.3 is 42.7 Å². The summed E-state index contributed by atoms with van der Waals surface area (Å²) in [5.41, 5.74) is 3.97. The van der Waals surface area contributed by atoms with E-state index in [-0.39, 0.29) is 69.8 Å². The van der Waals surface area contributed by atoms with Crippen LogP contribution in [0, 0.1) is 19.7 Å². The summed E-state index contributed by atoms with van der Waals surface area (Å²) in [5, 5.41) is 21.4. The van der Waals surface area contributed by atoms with E-state index in [2.05, 4.69) is 55.4 Å². The molecular formula is C53H55Cl2FN4O10Si. The van der Waals surface area contributed by atoms with Crippen molar-refractivity contribution in [3.05, 3.63) is 136 Å². The number of aliphatic hydroxyl groups is 1. The summed E-state index contributed by atoms with van der Waals surface area (Å²) in [6, 6.07) is 20.1. The first-order valence-corrected chi connectivity index (χ1v) is 26.3. The molecule has 71 heavy (non-hydrogen) atoms. The predicted octanol–water partition coefficient (Wildman–Crippen LogP) is 12.1. The summed E-state index contributed by atoms with van der Waals surface area (Å²) < 4.78 is 57.7. The van der Waals surface area contributed by atoms with Gasteiger partial charge in [-0.15, -0.1) is 6.58 Å². The Morgan fingerprint density at radius 1 is 0.944 bits per heavy atom. The average Bonchev–Trinajstić information content (AvgIpc) is 3.73. The molecule has 0 bridgehead atoms. The van der Waals surface area contributed by atoms with Crippen LogP contribution in [-0.4, -0.2) is 83.6 Å². The van der Waals surface area contributed by atoms with Crippen LogP contribution in [0.1, 0.15) is 43.2 Å². The van der Waals surface area contributed by atoms with Gasteiger partial charge in [-0.05, 0) is 109 Å². The molecule has 0 amide bonds. The second-order valence-corrected chi connectivity index (χ2v) is 23.6. The van der Waals surface area contributed by atoms with Crippen LogP contribution in [-0.2, 0) is 22.6 Å². The Labute approximate surface area is 422 Å². The largest absolute Gasteiger partial charge is 0.543 e. The lowest BCUT2D eigenvalue weighted by molar-refractivity contribution is -0.145. The van der Waals surface area contributed by atoms with Crippen molar-refractivity contribution in [1.82, 2.24) is 19.9 Å². The van der Waals surface area contributed by atoms with Crippen molar-refractivity contribution in [1.29, 1.82) is 0 Å². The third-order valence-electron chi connectivity index (χ3n) is 12.2. The third kappa shape index (κ3) is 11.6. The van der Waals surface area contributed by atoms with E-state index in [9.17, 15) is 19.4 Å². The van der Waals surface area contributed by atoms with E-state index in [1.807, 2.05) is 24.3 Å². The number of fused-ring (bicyclic) bond motifs is 1. The van der Waals surface area contributed by atoms with Crippen molar-refractivity contribution in [3.8, 4) is 62.7 Å². The summed E-state index contributed by atoms with van der Waals surface area (Å²) in [7, 11) is -0.795. The number of para-hydroxylation sites is 1. The molecule has 7 rings (SSSR count). The molecule has 0 radical (unpaired) electrons. The lowest BCUT2D eigenvalue weighted by atomic mass is 9.91. The van der Waals surface area contributed by atoms with Crippen LogP contribution < -0.4 is 23.4 Å². The first-order valence-electron chi connectivity index (χ1n) is 22.6. The number of aromatic nitrogens is 4. The molecule has 2 atom stereocenters. The van der Waals surface area contributed by atoms with Gasteiger partial charge in [-0.2, -0.15) is 0 Å². The van der Waals surface area contributed by atoms with E-state index in [0.29, 0.717) is 67.7 Å². The van der Waals surface area contributed by atoms with Crippen molar-refractivity contribution < 1.29 is 51.9 Å². The molecule has 0 fully saturated rings. The molecule has 3 aromatic heterocycles. The predicted molar refractivity (Wildman–Crippen MR) is 273 cm³/mol. The zero-order valence-electron chi connectivity index (χ0n) is 40.6. The number of furan rings is 1. The maximum Gasteiger partial charge on any atom is 0.345 e. The number of ether oxygens (including phenoxy) is 5. The van der Waals surface area contributed by atoms with Gasteiger partial charge in [0.25, 0.3) is 0 Å². The molecule has 0 spiro atoms. The Morgan fingerprint density at radius 3 is 2.32 bits per heavy atom. The van der Waals surface area contributed by atoms with Gasteiger partial charge in [0.2, 0.25) is 26.0 Å². The maximum absolute atomic E-state index is 14.4. The number of hydrogen-bond donors (Lipinski definition) is 2. The number of carbonyl (C=O) groups is 1. The van der Waals surface area contributed by atoms with Crippen LogP contribution in [0.15, 0.2) is 102 Å². The summed E-state index contributed by atoms with van der Waals surface area (Å²) >= 11 is 14.2. The highest BCUT2D eigenvalue weighted by atomic mass is 35.5. The minimum Gasteiger partial charge on any atom is -0.543 e. The SMILES string of the molecule is C=CCOC[C@H](CO)Oc1c(Cl)c(C)c(-c2c(-c3ccc(F)cc3)oc3ncnc(O[C@H](Cc4cc(O[Si](C)(C)C(C)(C)C)ccc4OCc4ccnc(-c5ccccc5OC)n4)C(=O)O)c23)c(C)c1Cl. The average molecular weight is 1030 g/mol. The van der Waals surface area contributed by atoms with E-state index >= 15 is 0 Å². The first-order chi connectivity index (χ1) is 33.8. The standard InChI is InChI=1S/C53H55Cl2FN4O10Si/c1-10-23-65-28-37(26-61)67-48-45(54)30(2)42(31(3)46(48)55)43-44-50(58-29-59-51(44)69-47(43)32-15-17-34(56)18-16-32)68-41(52(62)63)25-33-24-36(70-71(8,9)53(4,5)6)19-20-39(33)66-27-35-21-22-57-49(60-35)38-13-11-12-14-40(38)64-7/h10-22,24,29,37,41,61H,1,23,25-28H2,2-9H3,(H,62,63)/t37-,41+/m0/s1. The fourth-order valence-corrected chi connectivity index (χ4v) is 9.04. The number of carboxylic acids is 1. The van der Waals surface area contributed by atoms with Gasteiger partial charge in [-0.25, -0.2) is 29.1 Å². The van der Waals surface area contributed by atoms with Gasteiger partial charge in [-0.1, -0.05) is 62.2 Å². The molecule has 18 heteroatoms. The fourth-order valence-electron chi connectivity index (χ4n) is 7.50. The summed E-state index contributed by atoms with van der Waals surface area (Å²) in [6.07, 6.45) is 1.79. The number of nitrogens with zero attached hydrogens (tertiary/aromatic N) is 4. The van der Waals surface area contributed by atoms with Crippen LogP contribution in [0.4, 0.5) is 4.39 Å². The molecule has 2 N–H and O–H groups in total. The molecule has 3 heterocycles. The zero-order valence-corrected chi connectivity index (χ0v) is 43.2. The lowest BCUT2D eigenvalue weighted by Gasteiger charge is -2.36. The van der Waals surface area contributed by atoms with Crippen molar-refractivity contribution in [2.75, 3.05) is 26.9 Å². The topological polar surface area (TPSA) is 178 Å². The second kappa shape index (κ2) is 22.2. The van der Waals surface area contributed by atoms with Gasteiger partial charge in [-0.3, -0.25) is 0 Å². The molecule has 4 aromatic carbocycles. The first kappa shape index (κ1) is 52.3. The summed E-state index contributed by atoms with van der Waals surface area (Å²) in [5.74, 6) is 0.359. The Hall–Kier alpha value is -6.56. The maximum atomic E-state index is 14.4. The highest BCUT2D eigenvalue weighted by Crippen LogP contribution is 2.51. The highest BCUT2D eigenvalue weighted by Gasteiger charge is 2.39. The molecule has 0 saturated carbocycles. The summed E-state index contributed by atoms with van der Waals surface area (Å²) in [6.45, 7) is 17.6. The van der Waals surface area contributed by atoms with E-state index in [4.69, 9.17) is 60.7 Å². The summed E-state index contributed by atoms with van der Waals surface area (Å²) in [4.78, 5) is 31.6. The number of halogens is 3. The normalized spacial score (nSPS) is 12.6. The van der Waals surface area contributed by atoms with Crippen molar-refractivity contribution >= 4 is 48.6 Å². The van der Waals surface area contributed by atoms with Gasteiger partial charge in [0.05, 0.1) is 48.2 Å². The van der Waals surface area contributed by atoms with Gasteiger partial charge in [0.15, 0.2) is 11.6 Å². The molecular weight excluding hydrogens is 971 g/mol. The molecule has 7 aromatic rings. The smallest absolute Gasteiger partial charge is 0.345 e. The van der Waals surface area contributed by atoms with E-state index in [1.165, 1.54) is 30.6 Å². The van der Waals surface area contributed by atoms with E-state index in [0.717, 1.165) is 0 Å². The van der Waals surface area contributed by atoms with E-state index < -0.39 is 38.9 Å². The van der Waals surface area contributed by atoms with Crippen LogP contribution in [0.5, 0.6) is 28.9 Å².